The van der Waals surface area contributed by atoms with E-state index in [4.69, 9.17) is 0 Å². The van der Waals surface area contributed by atoms with Crippen LogP contribution < -0.4 is 0 Å². The van der Waals surface area contributed by atoms with Crippen LogP contribution >= 0.6 is 0 Å². The second-order valence-corrected chi connectivity index (χ2v) is 8.44. The van der Waals surface area contributed by atoms with Crippen LogP contribution in [-0.2, 0) is 4.79 Å². The Balaban J connectivity index is 1.52. The van der Waals surface area contributed by atoms with Gasteiger partial charge < -0.3 is 0 Å². The summed E-state index contributed by atoms with van der Waals surface area (Å²) in [6.45, 7) is 3.87. The third kappa shape index (κ3) is 4.30. The molecular weight excluding hydrogens is 318 g/mol. The van der Waals surface area contributed by atoms with E-state index in [1.165, 1.54) is 12.8 Å². The van der Waals surface area contributed by atoms with Crippen LogP contribution in [0.5, 0.6) is 0 Å². The number of carbonyl (C=O) groups excluding carboxylic acids is 1. The molecule has 2 saturated carbocycles. The number of rotatable bonds is 4. The molecule has 0 spiro atoms. The topological polar surface area (TPSA) is 17.1 Å². The number of carbonyl (C=O) groups is 1. The van der Waals surface area contributed by atoms with Crippen LogP contribution in [0.2, 0.25) is 0 Å². The van der Waals surface area contributed by atoms with E-state index in [-0.39, 0.29) is 11.8 Å². The van der Waals surface area contributed by atoms with Crippen molar-refractivity contribution in [2.24, 2.45) is 17.8 Å². The molecule has 2 aliphatic carbocycles. The minimum atomic E-state index is -0.707. The predicted octanol–water partition coefficient (Wildman–Crippen LogP) is 6.33. The lowest BCUT2D eigenvalue weighted by molar-refractivity contribution is -0.125. The van der Waals surface area contributed by atoms with Gasteiger partial charge in [0.05, 0.1) is 0 Å². The van der Waals surface area contributed by atoms with Crippen molar-refractivity contribution in [3.8, 4) is 0 Å². The summed E-state index contributed by atoms with van der Waals surface area (Å²) in [5.41, 5.74) is 0.886. The summed E-state index contributed by atoms with van der Waals surface area (Å²) in [6, 6.07) is 3.42. The third-order valence-electron chi connectivity index (χ3n) is 6.55. The van der Waals surface area contributed by atoms with Gasteiger partial charge in [-0.05, 0) is 74.3 Å². The lowest BCUT2D eigenvalue weighted by atomic mass is 9.74. The minimum Gasteiger partial charge on any atom is -0.299 e. The number of hydrogen-bond acceptors (Lipinski definition) is 1. The minimum absolute atomic E-state index is 0.0944. The average Bonchev–Trinajstić information content (AvgIpc) is 2.61. The molecule has 1 aromatic carbocycles. The first-order chi connectivity index (χ1) is 12.0. The fourth-order valence-electron chi connectivity index (χ4n) is 4.69. The second-order valence-electron chi connectivity index (χ2n) is 8.44. The first-order valence-electron chi connectivity index (χ1n) is 9.93. The maximum Gasteiger partial charge on any atom is 0.162 e. The van der Waals surface area contributed by atoms with Gasteiger partial charge in [-0.1, -0.05) is 31.9 Å². The highest BCUT2D eigenvalue weighted by Crippen LogP contribution is 2.40. The molecule has 0 bridgehead atoms. The molecule has 1 aromatic rings. The summed E-state index contributed by atoms with van der Waals surface area (Å²) >= 11 is 0. The quantitative estimate of drug-likeness (QED) is 0.621. The van der Waals surface area contributed by atoms with Crippen LogP contribution in [0.15, 0.2) is 12.1 Å². The molecule has 1 nitrogen and oxygen atoms in total. The van der Waals surface area contributed by atoms with Crippen molar-refractivity contribution in [2.45, 2.75) is 77.6 Å². The van der Waals surface area contributed by atoms with Gasteiger partial charge in [0.25, 0.3) is 0 Å². The molecule has 0 atom stereocenters. The predicted molar refractivity (Wildman–Crippen MR) is 96.5 cm³/mol. The van der Waals surface area contributed by atoms with Crippen LogP contribution in [0.25, 0.3) is 0 Å². The number of benzene rings is 1. The van der Waals surface area contributed by atoms with Crippen LogP contribution in [0.4, 0.5) is 8.78 Å². The van der Waals surface area contributed by atoms with Gasteiger partial charge in [0.2, 0.25) is 0 Å². The molecule has 0 amide bonds. The Labute approximate surface area is 150 Å². The molecular formula is C22H30F2O. The standard InChI is InChI=1S/C22H30F2O/c1-14-3-8-18(9-4-14)20(25)13-16-6-10-17(11-7-16)19-12-5-15(2)21(23)22(19)24/h5,12,14,16-18H,3-4,6-11,13H2,1-2H3. The number of hydrogen-bond donors (Lipinski definition) is 0. The molecule has 0 unspecified atom stereocenters. The van der Waals surface area contributed by atoms with E-state index in [1.54, 1.807) is 19.1 Å². The van der Waals surface area contributed by atoms with Crippen molar-refractivity contribution in [1.29, 1.82) is 0 Å². The lowest BCUT2D eigenvalue weighted by Gasteiger charge is -2.31. The van der Waals surface area contributed by atoms with Gasteiger partial charge in [-0.3, -0.25) is 4.79 Å². The third-order valence-corrected chi connectivity index (χ3v) is 6.55. The summed E-state index contributed by atoms with van der Waals surface area (Å²) in [7, 11) is 0. The summed E-state index contributed by atoms with van der Waals surface area (Å²) < 4.78 is 28.0. The van der Waals surface area contributed by atoms with Crippen molar-refractivity contribution >= 4 is 5.78 Å². The summed E-state index contributed by atoms with van der Waals surface area (Å²) in [6.07, 6.45) is 8.80. The molecule has 0 aromatic heterocycles. The van der Waals surface area contributed by atoms with Gasteiger partial charge in [0.15, 0.2) is 11.6 Å². The zero-order valence-corrected chi connectivity index (χ0v) is 15.5. The molecule has 3 heteroatoms. The van der Waals surface area contributed by atoms with Crippen LogP contribution in [0.3, 0.4) is 0 Å². The van der Waals surface area contributed by atoms with Gasteiger partial charge >= 0.3 is 0 Å². The van der Waals surface area contributed by atoms with Gasteiger partial charge in [0.1, 0.15) is 5.78 Å². The zero-order chi connectivity index (χ0) is 18.0. The number of ketones is 1. The van der Waals surface area contributed by atoms with E-state index in [1.807, 2.05) is 0 Å². The van der Waals surface area contributed by atoms with Crippen LogP contribution in [-0.4, -0.2) is 5.78 Å². The number of Topliss-reactive ketones (excluding diaryl/α,β-unsaturated/α-hetero) is 1. The molecule has 0 N–H and O–H groups in total. The molecule has 2 fully saturated rings. The van der Waals surface area contributed by atoms with Crippen molar-refractivity contribution in [3.63, 3.8) is 0 Å². The molecule has 2 aliphatic rings. The SMILES string of the molecule is Cc1ccc(C2CCC(CC(=O)C3CCC(C)CC3)CC2)c(F)c1F. The highest BCUT2D eigenvalue weighted by molar-refractivity contribution is 5.81. The fourth-order valence-corrected chi connectivity index (χ4v) is 4.69. The maximum absolute atomic E-state index is 14.2. The molecule has 3 rings (SSSR count). The van der Waals surface area contributed by atoms with Gasteiger partial charge in [0, 0.05) is 12.3 Å². The summed E-state index contributed by atoms with van der Waals surface area (Å²) in [4.78, 5) is 12.6. The second kappa shape index (κ2) is 7.97. The highest BCUT2D eigenvalue weighted by atomic mass is 19.2. The average molecular weight is 348 g/mol. The maximum atomic E-state index is 14.2. The van der Waals surface area contributed by atoms with Gasteiger partial charge in [-0.25, -0.2) is 8.78 Å². The number of halogens is 2. The summed E-state index contributed by atoms with van der Waals surface area (Å²) in [5.74, 6) is 0.639. The Bertz CT molecular complexity index is 609. The molecule has 0 heterocycles. The lowest BCUT2D eigenvalue weighted by Crippen LogP contribution is -2.24. The largest absolute Gasteiger partial charge is 0.299 e. The van der Waals surface area contributed by atoms with E-state index in [0.717, 1.165) is 44.4 Å². The van der Waals surface area contributed by atoms with E-state index in [2.05, 4.69) is 6.92 Å². The van der Waals surface area contributed by atoms with E-state index in [9.17, 15) is 13.6 Å². The molecule has 25 heavy (non-hydrogen) atoms. The molecule has 0 radical (unpaired) electrons. The fraction of sp³-hybridized carbons (Fsp3) is 0.682. The molecule has 0 aliphatic heterocycles. The number of aryl methyl sites for hydroxylation is 1. The van der Waals surface area contributed by atoms with Gasteiger partial charge in [-0.15, -0.1) is 0 Å². The Kier molecular flexibility index (Phi) is 5.91. The smallest absolute Gasteiger partial charge is 0.162 e. The van der Waals surface area contributed by atoms with E-state index in [0.29, 0.717) is 29.2 Å². The van der Waals surface area contributed by atoms with Crippen molar-refractivity contribution < 1.29 is 13.6 Å². The molecule has 0 saturated heterocycles. The highest BCUT2D eigenvalue weighted by Gasteiger charge is 2.30. The van der Waals surface area contributed by atoms with Gasteiger partial charge in [-0.2, -0.15) is 0 Å². The van der Waals surface area contributed by atoms with Crippen molar-refractivity contribution in [3.05, 3.63) is 34.9 Å². The zero-order valence-electron chi connectivity index (χ0n) is 15.5. The Morgan fingerprint density at radius 1 is 0.960 bits per heavy atom. The van der Waals surface area contributed by atoms with Crippen LogP contribution in [0, 0.1) is 36.3 Å². The Hall–Kier alpha value is -1.25. The monoisotopic (exact) mass is 348 g/mol. The summed E-state index contributed by atoms with van der Waals surface area (Å²) in [5, 5.41) is 0. The molecule has 138 valence electrons. The Morgan fingerprint density at radius 3 is 2.24 bits per heavy atom. The van der Waals surface area contributed by atoms with Crippen molar-refractivity contribution in [2.75, 3.05) is 0 Å². The van der Waals surface area contributed by atoms with Crippen LogP contribution in [0.1, 0.15) is 81.8 Å². The van der Waals surface area contributed by atoms with E-state index < -0.39 is 11.6 Å². The van der Waals surface area contributed by atoms with Crippen molar-refractivity contribution in [1.82, 2.24) is 0 Å². The normalized spacial score (nSPS) is 30.2. The Morgan fingerprint density at radius 2 is 1.60 bits per heavy atom. The first kappa shape index (κ1) is 18.5. The van der Waals surface area contributed by atoms with E-state index >= 15 is 0 Å². The first-order valence-corrected chi connectivity index (χ1v) is 9.93.